The van der Waals surface area contributed by atoms with Crippen LogP contribution in [0.1, 0.15) is 46.6 Å². The van der Waals surface area contributed by atoms with Gasteiger partial charge in [-0.25, -0.2) is 0 Å². The molecule has 0 aliphatic heterocycles. The number of benzene rings is 1. The average Bonchev–Trinajstić information content (AvgIpc) is 2.16. The molecule has 1 nitrogen and oxygen atoms in total. The van der Waals surface area contributed by atoms with Gasteiger partial charge in [-0.1, -0.05) is 25.1 Å². The second-order valence-electron chi connectivity index (χ2n) is 5.03. The number of rotatable bonds is 3. The standard InChI is InChI=1S/C15H22O/c1-6-7-12(2)13-8-10-14(11-9-13)16-15(3,4)5/h7-11H,6H2,1-5H3. The van der Waals surface area contributed by atoms with Crippen LogP contribution in [0.2, 0.25) is 0 Å². The van der Waals surface area contributed by atoms with E-state index in [2.05, 4.69) is 52.8 Å². The van der Waals surface area contributed by atoms with Crippen LogP contribution in [0.15, 0.2) is 30.3 Å². The molecule has 0 fully saturated rings. The van der Waals surface area contributed by atoms with Crippen LogP contribution in [0, 0.1) is 0 Å². The second kappa shape index (κ2) is 5.20. The third kappa shape index (κ3) is 4.09. The van der Waals surface area contributed by atoms with Gasteiger partial charge in [-0.05, 0) is 57.4 Å². The zero-order valence-electron chi connectivity index (χ0n) is 11.0. The van der Waals surface area contributed by atoms with E-state index in [1.807, 2.05) is 12.1 Å². The summed E-state index contributed by atoms with van der Waals surface area (Å²) in [6, 6.07) is 8.30. The van der Waals surface area contributed by atoms with E-state index < -0.39 is 0 Å². The van der Waals surface area contributed by atoms with E-state index in [0.29, 0.717) is 0 Å². The molecule has 0 amide bonds. The minimum absolute atomic E-state index is 0.129. The minimum Gasteiger partial charge on any atom is -0.488 e. The fourth-order valence-corrected chi connectivity index (χ4v) is 1.56. The lowest BCUT2D eigenvalue weighted by atomic mass is 10.1. The van der Waals surface area contributed by atoms with Gasteiger partial charge >= 0.3 is 0 Å². The maximum atomic E-state index is 5.78. The molecule has 0 N–H and O–H groups in total. The van der Waals surface area contributed by atoms with Crippen molar-refractivity contribution in [1.82, 2.24) is 0 Å². The molecule has 88 valence electrons. The van der Waals surface area contributed by atoms with Gasteiger partial charge in [0, 0.05) is 0 Å². The molecular formula is C15H22O. The van der Waals surface area contributed by atoms with Crippen molar-refractivity contribution in [1.29, 1.82) is 0 Å². The normalized spacial score (nSPS) is 12.7. The molecule has 1 rings (SSSR count). The first kappa shape index (κ1) is 12.8. The van der Waals surface area contributed by atoms with E-state index >= 15 is 0 Å². The lowest BCUT2D eigenvalue weighted by molar-refractivity contribution is 0.131. The van der Waals surface area contributed by atoms with Crippen molar-refractivity contribution in [3.05, 3.63) is 35.9 Å². The van der Waals surface area contributed by atoms with Gasteiger partial charge in [0.05, 0.1) is 0 Å². The summed E-state index contributed by atoms with van der Waals surface area (Å²) in [5.41, 5.74) is 2.46. The summed E-state index contributed by atoms with van der Waals surface area (Å²) in [6.45, 7) is 10.5. The Morgan fingerprint density at radius 3 is 2.19 bits per heavy atom. The highest BCUT2D eigenvalue weighted by Crippen LogP contribution is 2.21. The summed E-state index contributed by atoms with van der Waals surface area (Å²) >= 11 is 0. The molecule has 0 saturated carbocycles. The average molecular weight is 218 g/mol. The third-order valence-electron chi connectivity index (χ3n) is 2.24. The highest BCUT2D eigenvalue weighted by molar-refractivity contribution is 5.64. The molecule has 0 aliphatic rings. The zero-order valence-corrected chi connectivity index (χ0v) is 11.0. The van der Waals surface area contributed by atoms with Gasteiger partial charge in [0.2, 0.25) is 0 Å². The summed E-state index contributed by atoms with van der Waals surface area (Å²) in [6.07, 6.45) is 3.31. The van der Waals surface area contributed by atoms with Crippen molar-refractivity contribution >= 4 is 5.57 Å². The fraction of sp³-hybridized carbons (Fsp3) is 0.467. The Morgan fingerprint density at radius 1 is 1.19 bits per heavy atom. The van der Waals surface area contributed by atoms with Crippen LogP contribution in [-0.4, -0.2) is 5.60 Å². The van der Waals surface area contributed by atoms with Crippen LogP contribution in [0.5, 0.6) is 5.75 Å². The van der Waals surface area contributed by atoms with Gasteiger partial charge in [-0.2, -0.15) is 0 Å². The summed E-state index contributed by atoms with van der Waals surface area (Å²) < 4.78 is 5.78. The predicted octanol–water partition coefficient (Wildman–Crippen LogP) is 4.68. The summed E-state index contributed by atoms with van der Waals surface area (Å²) in [7, 11) is 0. The van der Waals surface area contributed by atoms with Crippen LogP contribution >= 0.6 is 0 Å². The minimum atomic E-state index is -0.129. The van der Waals surface area contributed by atoms with Gasteiger partial charge in [-0.3, -0.25) is 0 Å². The lowest BCUT2D eigenvalue weighted by Crippen LogP contribution is -2.22. The van der Waals surface area contributed by atoms with Gasteiger partial charge in [0.15, 0.2) is 0 Å². The number of hydrogen-bond donors (Lipinski definition) is 0. The molecule has 0 bridgehead atoms. The summed E-state index contributed by atoms with van der Waals surface area (Å²) in [4.78, 5) is 0. The molecule has 16 heavy (non-hydrogen) atoms. The monoisotopic (exact) mass is 218 g/mol. The van der Waals surface area contributed by atoms with Crippen LogP contribution in [-0.2, 0) is 0 Å². The van der Waals surface area contributed by atoms with Gasteiger partial charge < -0.3 is 4.74 Å². The molecule has 0 aliphatic carbocycles. The molecule has 0 aromatic heterocycles. The smallest absolute Gasteiger partial charge is 0.120 e. The van der Waals surface area contributed by atoms with E-state index in [1.165, 1.54) is 11.1 Å². The van der Waals surface area contributed by atoms with Crippen molar-refractivity contribution in [2.75, 3.05) is 0 Å². The van der Waals surface area contributed by atoms with Gasteiger partial charge in [0.25, 0.3) is 0 Å². The van der Waals surface area contributed by atoms with Crippen molar-refractivity contribution in [3.63, 3.8) is 0 Å². The third-order valence-corrected chi connectivity index (χ3v) is 2.24. The SMILES string of the molecule is CCC=C(C)c1ccc(OC(C)(C)C)cc1. The molecule has 0 saturated heterocycles. The Labute approximate surface area is 99.1 Å². The van der Waals surface area contributed by atoms with Crippen molar-refractivity contribution in [2.24, 2.45) is 0 Å². The first-order valence-corrected chi connectivity index (χ1v) is 5.88. The maximum Gasteiger partial charge on any atom is 0.120 e. The van der Waals surface area contributed by atoms with Crippen molar-refractivity contribution in [2.45, 2.75) is 46.6 Å². The van der Waals surface area contributed by atoms with Crippen molar-refractivity contribution < 1.29 is 4.74 Å². The molecule has 0 spiro atoms. The topological polar surface area (TPSA) is 9.23 Å². The first-order valence-electron chi connectivity index (χ1n) is 5.88. The Bertz CT molecular complexity index is 352. The Kier molecular flexibility index (Phi) is 4.17. The number of hydrogen-bond acceptors (Lipinski definition) is 1. The first-order chi connectivity index (χ1) is 7.42. The Morgan fingerprint density at radius 2 is 1.75 bits per heavy atom. The predicted molar refractivity (Wildman–Crippen MR) is 70.8 cm³/mol. The molecule has 1 aromatic carbocycles. The maximum absolute atomic E-state index is 5.78. The fourth-order valence-electron chi connectivity index (χ4n) is 1.56. The largest absolute Gasteiger partial charge is 0.488 e. The van der Waals surface area contributed by atoms with Crippen LogP contribution in [0.4, 0.5) is 0 Å². The van der Waals surface area contributed by atoms with E-state index in [0.717, 1.165) is 12.2 Å². The lowest BCUT2D eigenvalue weighted by Gasteiger charge is -2.21. The summed E-state index contributed by atoms with van der Waals surface area (Å²) in [5.74, 6) is 0.931. The van der Waals surface area contributed by atoms with Crippen LogP contribution in [0.25, 0.3) is 5.57 Å². The Balaban J connectivity index is 2.79. The quantitative estimate of drug-likeness (QED) is 0.716. The highest BCUT2D eigenvalue weighted by atomic mass is 16.5. The second-order valence-corrected chi connectivity index (χ2v) is 5.03. The molecule has 0 atom stereocenters. The van der Waals surface area contributed by atoms with Crippen LogP contribution in [0.3, 0.4) is 0 Å². The summed E-state index contributed by atoms with van der Waals surface area (Å²) in [5, 5.41) is 0. The van der Waals surface area contributed by atoms with Crippen molar-refractivity contribution in [3.8, 4) is 5.75 Å². The van der Waals surface area contributed by atoms with Gasteiger partial charge in [-0.15, -0.1) is 0 Å². The van der Waals surface area contributed by atoms with E-state index in [9.17, 15) is 0 Å². The van der Waals surface area contributed by atoms with E-state index in [-0.39, 0.29) is 5.60 Å². The molecule has 0 radical (unpaired) electrons. The number of ether oxygens (including phenoxy) is 1. The zero-order chi connectivity index (χ0) is 12.2. The van der Waals surface area contributed by atoms with E-state index in [1.54, 1.807) is 0 Å². The molecule has 1 aromatic rings. The molecule has 1 heteroatoms. The number of allylic oxidation sites excluding steroid dienone is 2. The van der Waals surface area contributed by atoms with Gasteiger partial charge in [0.1, 0.15) is 11.4 Å². The molecule has 0 unspecified atom stereocenters. The van der Waals surface area contributed by atoms with Crippen LogP contribution < -0.4 is 4.74 Å². The molecular weight excluding hydrogens is 196 g/mol. The molecule has 0 heterocycles. The Hall–Kier alpha value is -1.24. The highest BCUT2D eigenvalue weighted by Gasteiger charge is 2.11. The van der Waals surface area contributed by atoms with E-state index in [4.69, 9.17) is 4.74 Å².